The summed E-state index contributed by atoms with van der Waals surface area (Å²) in [5.41, 5.74) is 4.34. The summed E-state index contributed by atoms with van der Waals surface area (Å²) in [5, 5.41) is 14.5. The molecular weight excluding hydrogens is 388 g/mol. The van der Waals surface area contributed by atoms with Crippen molar-refractivity contribution in [2.75, 3.05) is 10.6 Å². The maximum Gasteiger partial charge on any atom is 0.0390 e. The smallest absolute Gasteiger partial charge is 0.0390 e. The van der Waals surface area contributed by atoms with Crippen LogP contribution >= 0.6 is 0 Å². The topological polar surface area (TPSA) is 24.1 Å². The molecule has 0 aliphatic rings. The molecule has 0 atom stereocenters. The highest BCUT2D eigenvalue weighted by molar-refractivity contribution is 5.92. The van der Waals surface area contributed by atoms with E-state index in [0.717, 1.165) is 22.7 Å². The van der Waals surface area contributed by atoms with Crippen LogP contribution in [0.5, 0.6) is 0 Å². The van der Waals surface area contributed by atoms with E-state index < -0.39 is 0 Å². The van der Waals surface area contributed by atoms with Crippen LogP contribution in [0.15, 0.2) is 121 Å². The first-order chi connectivity index (χ1) is 15.8. The summed E-state index contributed by atoms with van der Waals surface area (Å²) in [4.78, 5) is 0. The summed E-state index contributed by atoms with van der Waals surface area (Å²) in [7, 11) is 0. The summed E-state index contributed by atoms with van der Waals surface area (Å²) >= 11 is 0. The van der Waals surface area contributed by atoms with E-state index in [9.17, 15) is 0 Å². The predicted molar refractivity (Wildman–Crippen MR) is 138 cm³/mol. The molecule has 6 aromatic carbocycles. The summed E-state index contributed by atoms with van der Waals surface area (Å²) in [5.74, 6) is 0. The Morgan fingerprint density at radius 2 is 0.594 bits per heavy atom. The molecule has 6 rings (SSSR count). The first-order valence-corrected chi connectivity index (χ1v) is 10.9. The highest BCUT2D eigenvalue weighted by Crippen LogP contribution is 2.28. The molecule has 6 aromatic rings. The van der Waals surface area contributed by atoms with Crippen molar-refractivity contribution in [2.45, 2.75) is 0 Å². The first-order valence-electron chi connectivity index (χ1n) is 10.9. The lowest BCUT2D eigenvalue weighted by atomic mass is 10.1. The van der Waals surface area contributed by atoms with Gasteiger partial charge in [-0.3, -0.25) is 0 Å². The molecule has 0 amide bonds. The number of hydrogen-bond donors (Lipinski definition) is 2. The fourth-order valence-electron chi connectivity index (χ4n) is 4.27. The van der Waals surface area contributed by atoms with E-state index in [0.29, 0.717) is 0 Å². The molecule has 0 spiro atoms. The number of fused-ring (bicyclic) bond motifs is 3. The van der Waals surface area contributed by atoms with E-state index >= 15 is 0 Å². The zero-order valence-corrected chi connectivity index (χ0v) is 17.5. The molecule has 2 nitrogen and oxygen atoms in total. The molecule has 0 saturated carbocycles. The fourth-order valence-corrected chi connectivity index (χ4v) is 4.27. The molecule has 2 N–H and O–H groups in total. The van der Waals surface area contributed by atoms with Crippen LogP contribution in [0.1, 0.15) is 0 Å². The van der Waals surface area contributed by atoms with Crippen molar-refractivity contribution in [3.8, 4) is 0 Å². The van der Waals surface area contributed by atoms with Crippen molar-refractivity contribution in [2.24, 2.45) is 0 Å². The average molecular weight is 411 g/mol. The molecule has 0 saturated heterocycles. The predicted octanol–water partition coefficient (Wildman–Crippen LogP) is 8.63. The van der Waals surface area contributed by atoms with Crippen molar-refractivity contribution in [3.63, 3.8) is 0 Å². The lowest BCUT2D eigenvalue weighted by molar-refractivity contribution is 1.57. The van der Waals surface area contributed by atoms with Crippen molar-refractivity contribution >= 4 is 55.1 Å². The van der Waals surface area contributed by atoms with E-state index in [1.54, 1.807) is 0 Å². The number of hydrogen-bond acceptors (Lipinski definition) is 2. The van der Waals surface area contributed by atoms with Crippen LogP contribution in [-0.4, -0.2) is 0 Å². The van der Waals surface area contributed by atoms with Gasteiger partial charge in [-0.1, -0.05) is 72.8 Å². The summed E-state index contributed by atoms with van der Waals surface area (Å²) in [6, 6.07) is 42.8. The maximum atomic E-state index is 3.56. The van der Waals surface area contributed by atoms with Gasteiger partial charge in [-0.25, -0.2) is 0 Å². The van der Waals surface area contributed by atoms with Gasteiger partial charge in [0.2, 0.25) is 0 Å². The Balaban J connectivity index is 1.29. The Labute approximate surface area is 187 Å². The first kappa shape index (κ1) is 18.5. The SMILES string of the molecule is c1ccc2cc(Nc3ccc4ccc(Nc5ccc6ccccc6c5)cc4c3)ccc2c1. The van der Waals surface area contributed by atoms with Crippen LogP contribution in [0, 0.1) is 0 Å². The number of rotatable bonds is 4. The Bertz CT molecular complexity index is 1470. The number of nitrogens with one attached hydrogen (secondary N) is 2. The molecule has 32 heavy (non-hydrogen) atoms. The second-order valence-electron chi connectivity index (χ2n) is 8.15. The van der Waals surface area contributed by atoms with Crippen molar-refractivity contribution in [1.29, 1.82) is 0 Å². The molecule has 0 heterocycles. The van der Waals surface area contributed by atoms with E-state index in [1.807, 2.05) is 0 Å². The highest BCUT2D eigenvalue weighted by atomic mass is 14.9. The average Bonchev–Trinajstić information content (AvgIpc) is 2.84. The van der Waals surface area contributed by atoms with Crippen LogP contribution in [0.3, 0.4) is 0 Å². The molecule has 0 aromatic heterocycles. The molecule has 0 aliphatic carbocycles. The Morgan fingerprint density at radius 1 is 0.281 bits per heavy atom. The monoisotopic (exact) mass is 410 g/mol. The molecule has 152 valence electrons. The van der Waals surface area contributed by atoms with Crippen LogP contribution in [0.4, 0.5) is 22.7 Å². The van der Waals surface area contributed by atoms with Crippen molar-refractivity contribution in [1.82, 2.24) is 0 Å². The van der Waals surface area contributed by atoms with Crippen LogP contribution in [0.2, 0.25) is 0 Å². The van der Waals surface area contributed by atoms with Gasteiger partial charge >= 0.3 is 0 Å². The lowest BCUT2D eigenvalue weighted by Gasteiger charge is -2.11. The summed E-state index contributed by atoms with van der Waals surface area (Å²) in [6.07, 6.45) is 0. The largest absolute Gasteiger partial charge is 0.355 e. The Kier molecular flexibility index (Phi) is 4.47. The minimum atomic E-state index is 1.08. The molecule has 0 fully saturated rings. The van der Waals surface area contributed by atoms with Gasteiger partial charge in [-0.15, -0.1) is 0 Å². The molecule has 2 heteroatoms. The molecule has 0 aliphatic heterocycles. The molecule has 0 radical (unpaired) electrons. The maximum absolute atomic E-state index is 3.56. The standard InChI is InChI=1S/C30H22N2/c1-3-7-24-17-27(13-9-21(24)5-1)31-29-15-11-23-12-16-30(20-26(23)19-29)32-28-14-10-22-6-2-4-8-25(22)18-28/h1-20,31-32H. The van der Waals surface area contributed by atoms with Gasteiger partial charge in [-0.2, -0.15) is 0 Å². The second kappa shape index (κ2) is 7.75. The molecular formula is C30H22N2. The van der Waals surface area contributed by atoms with E-state index in [2.05, 4.69) is 132 Å². The zero-order valence-electron chi connectivity index (χ0n) is 17.5. The number of anilines is 4. The summed E-state index contributed by atoms with van der Waals surface area (Å²) in [6.45, 7) is 0. The Hall–Kier alpha value is -4.30. The highest BCUT2D eigenvalue weighted by Gasteiger charge is 2.03. The third-order valence-electron chi connectivity index (χ3n) is 5.92. The lowest BCUT2D eigenvalue weighted by Crippen LogP contribution is -1.92. The number of benzene rings is 6. The van der Waals surface area contributed by atoms with Crippen molar-refractivity contribution in [3.05, 3.63) is 121 Å². The van der Waals surface area contributed by atoms with Gasteiger partial charge in [0.1, 0.15) is 0 Å². The minimum absolute atomic E-state index is 1.08. The van der Waals surface area contributed by atoms with Crippen molar-refractivity contribution < 1.29 is 0 Å². The third-order valence-corrected chi connectivity index (χ3v) is 5.92. The van der Waals surface area contributed by atoms with Gasteiger partial charge in [0.15, 0.2) is 0 Å². The zero-order chi connectivity index (χ0) is 21.3. The van der Waals surface area contributed by atoms with E-state index in [1.165, 1.54) is 32.3 Å². The van der Waals surface area contributed by atoms with Crippen LogP contribution < -0.4 is 10.6 Å². The van der Waals surface area contributed by atoms with Gasteiger partial charge in [0, 0.05) is 22.7 Å². The van der Waals surface area contributed by atoms with Crippen LogP contribution in [-0.2, 0) is 0 Å². The van der Waals surface area contributed by atoms with E-state index in [-0.39, 0.29) is 0 Å². The Morgan fingerprint density at radius 3 is 1.00 bits per heavy atom. The third kappa shape index (κ3) is 3.63. The van der Waals surface area contributed by atoms with Crippen LogP contribution in [0.25, 0.3) is 32.3 Å². The minimum Gasteiger partial charge on any atom is -0.355 e. The van der Waals surface area contributed by atoms with Gasteiger partial charge in [0.25, 0.3) is 0 Å². The quantitative estimate of drug-likeness (QED) is 0.304. The van der Waals surface area contributed by atoms with E-state index in [4.69, 9.17) is 0 Å². The van der Waals surface area contributed by atoms with Gasteiger partial charge < -0.3 is 10.6 Å². The fraction of sp³-hybridized carbons (Fsp3) is 0. The molecule has 0 unspecified atom stereocenters. The van der Waals surface area contributed by atoms with Gasteiger partial charge in [-0.05, 0) is 80.8 Å². The molecule has 0 bridgehead atoms. The normalized spacial score (nSPS) is 11.1. The van der Waals surface area contributed by atoms with Gasteiger partial charge in [0.05, 0.1) is 0 Å². The second-order valence-corrected chi connectivity index (χ2v) is 8.15. The summed E-state index contributed by atoms with van der Waals surface area (Å²) < 4.78 is 0.